The Bertz CT molecular complexity index is 293. The highest BCUT2D eigenvalue weighted by Crippen LogP contribution is 2.26. The molecule has 72 valence electrons. The van der Waals surface area contributed by atoms with Gasteiger partial charge in [-0.2, -0.15) is 0 Å². The standard InChI is InChI=1S/C9H11BrFNO/c1-13-6-2-3-8(10)7(4-6)9(12)5-11/h2-4,9H,5,12H2,1H3. The van der Waals surface area contributed by atoms with Gasteiger partial charge in [-0.15, -0.1) is 0 Å². The number of halogens is 2. The van der Waals surface area contributed by atoms with Gasteiger partial charge in [-0.25, -0.2) is 4.39 Å². The van der Waals surface area contributed by atoms with E-state index in [1.54, 1.807) is 25.3 Å². The number of alkyl halides is 1. The first-order chi connectivity index (χ1) is 6.19. The van der Waals surface area contributed by atoms with Crippen molar-refractivity contribution in [3.8, 4) is 5.75 Å². The molecule has 0 heterocycles. The number of nitrogens with two attached hydrogens (primary N) is 1. The fourth-order valence-electron chi connectivity index (χ4n) is 1.02. The fourth-order valence-corrected chi connectivity index (χ4v) is 1.56. The van der Waals surface area contributed by atoms with Gasteiger partial charge in [0.15, 0.2) is 0 Å². The van der Waals surface area contributed by atoms with Crippen molar-refractivity contribution in [1.29, 1.82) is 0 Å². The largest absolute Gasteiger partial charge is 0.497 e. The zero-order valence-electron chi connectivity index (χ0n) is 7.26. The molecule has 1 unspecified atom stereocenters. The van der Waals surface area contributed by atoms with Crippen LogP contribution in [0.2, 0.25) is 0 Å². The summed E-state index contributed by atoms with van der Waals surface area (Å²) < 4.78 is 18.1. The summed E-state index contributed by atoms with van der Waals surface area (Å²) in [6, 6.07) is 4.72. The fraction of sp³-hybridized carbons (Fsp3) is 0.333. The van der Waals surface area contributed by atoms with Gasteiger partial charge < -0.3 is 10.5 Å². The molecule has 4 heteroatoms. The van der Waals surface area contributed by atoms with Gasteiger partial charge in [-0.3, -0.25) is 0 Å². The predicted octanol–water partition coefficient (Wildman–Crippen LogP) is 2.43. The van der Waals surface area contributed by atoms with Gasteiger partial charge in [-0.05, 0) is 23.8 Å². The second-order valence-corrected chi connectivity index (χ2v) is 3.50. The van der Waals surface area contributed by atoms with Crippen molar-refractivity contribution in [2.24, 2.45) is 5.73 Å². The molecule has 0 aromatic heterocycles. The Morgan fingerprint density at radius 1 is 1.62 bits per heavy atom. The van der Waals surface area contributed by atoms with Crippen LogP contribution in [-0.2, 0) is 0 Å². The molecule has 0 spiro atoms. The Balaban J connectivity index is 3.03. The maximum atomic E-state index is 12.3. The summed E-state index contributed by atoms with van der Waals surface area (Å²) in [4.78, 5) is 0. The Morgan fingerprint density at radius 2 is 2.31 bits per heavy atom. The molecule has 0 bridgehead atoms. The third-order valence-electron chi connectivity index (χ3n) is 1.77. The van der Waals surface area contributed by atoms with Crippen LogP contribution in [0.1, 0.15) is 11.6 Å². The van der Waals surface area contributed by atoms with Gasteiger partial charge in [0.25, 0.3) is 0 Å². The van der Waals surface area contributed by atoms with Crippen LogP contribution >= 0.6 is 15.9 Å². The lowest BCUT2D eigenvalue weighted by atomic mass is 10.1. The maximum absolute atomic E-state index is 12.3. The number of benzene rings is 1. The summed E-state index contributed by atoms with van der Waals surface area (Å²) in [5.74, 6) is 0.683. The maximum Gasteiger partial charge on any atom is 0.119 e. The minimum Gasteiger partial charge on any atom is -0.497 e. The average molecular weight is 248 g/mol. The second kappa shape index (κ2) is 4.58. The SMILES string of the molecule is COc1ccc(Br)c(C(N)CF)c1. The van der Waals surface area contributed by atoms with Gasteiger partial charge in [0.05, 0.1) is 13.2 Å². The third-order valence-corrected chi connectivity index (χ3v) is 2.49. The average Bonchev–Trinajstić information content (AvgIpc) is 2.17. The summed E-state index contributed by atoms with van der Waals surface area (Å²) in [7, 11) is 1.56. The van der Waals surface area contributed by atoms with E-state index in [4.69, 9.17) is 10.5 Å². The van der Waals surface area contributed by atoms with Crippen LogP contribution in [0.3, 0.4) is 0 Å². The van der Waals surface area contributed by atoms with Crippen molar-refractivity contribution in [1.82, 2.24) is 0 Å². The molecule has 0 radical (unpaired) electrons. The van der Waals surface area contributed by atoms with Crippen LogP contribution in [0.15, 0.2) is 22.7 Å². The van der Waals surface area contributed by atoms with Crippen molar-refractivity contribution in [3.05, 3.63) is 28.2 Å². The first kappa shape index (κ1) is 10.5. The number of ether oxygens (including phenoxy) is 1. The minimum atomic E-state index is -0.593. The van der Waals surface area contributed by atoms with Gasteiger partial charge in [-0.1, -0.05) is 15.9 Å². The molecule has 0 amide bonds. The number of hydrogen-bond donors (Lipinski definition) is 1. The first-order valence-corrected chi connectivity index (χ1v) is 4.63. The summed E-state index contributed by atoms with van der Waals surface area (Å²) in [6.07, 6.45) is 0. The van der Waals surface area contributed by atoms with E-state index in [0.717, 1.165) is 10.0 Å². The molecular weight excluding hydrogens is 237 g/mol. The van der Waals surface area contributed by atoms with Crippen molar-refractivity contribution in [2.75, 3.05) is 13.8 Å². The molecule has 0 aliphatic rings. The van der Waals surface area contributed by atoms with Gasteiger partial charge in [0, 0.05) is 4.47 Å². The van der Waals surface area contributed by atoms with E-state index in [2.05, 4.69) is 15.9 Å². The first-order valence-electron chi connectivity index (χ1n) is 3.84. The van der Waals surface area contributed by atoms with Crippen molar-refractivity contribution < 1.29 is 9.13 Å². The molecule has 2 nitrogen and oxygen atoms in total. The van der Waals surface area contributed by atoms with Crippen molar-refractivity contribution >= 4 is 15.9 Å². The Morgan fingerprint density at radius 3 is 2.85 bits per heavy atom. The number of methoxy groups -OCH3 is 1. The second-order valence-electron chi connectivity index (χ2n) is 2.65. The molecule has 1 aromatic carbocycles. The van der Waals surface area contributed by atoms with E-state index >= 15 is 0 Å². The summed E-state index contributed by atoms with van der Waals surface area (Å²) >= 11 is 3.30. The van der Waals surface area contributed by atoms with E-state index in [-0.39, 0.29) is 0 Å². The molecule has 0 saturated carbocycles. The molecule has 2 N–H and O–H groups in total. The lowest BCUT2D eigenvalue weighted by Crippen LogP contribution is -2.12. The smallest absolute Gasteiger partial charge is 0.119 e. The van der Waals surface area contributed by atoms with Crippen LogP contribution in [0, 0.1) is 0 Å². The molecule has 0 aliphatic heterocycles. The molecule has 0 fully saturated rings. The van der Waals surface area contributed by atoms with E-state index in [0.29, 0.717) is 5.75 Å². The van der Waals surface area contributed by atoms with Crippen LogP contribution in [0.4, 0.5) is 4.39 Å². The van der Waals surface area contributed by atoms with E-state index < -0.39 is 12.7 Å². The molecule has 1 rings (SSSR count). The number of hydrogen-bond acceptors (Lipinski definition) is 2. The highest BCUT2D eigenvalue weighted by atomic mass is 79.9. The molecule has 13 heavy (non-hydrogen) atoms. The molecule has 0 saturated heterocycles. The molecular formula is C9H11BrFNO. The lowest BCUT2D eigenvalue weighted by molar-refractivity contribution is 0.409. The molecule has 1 aromatic rings. The predicted molar refractivity (Wildman–Crippen MR) is 53.6 cm³/mol. The zero-order chi connectivity index (χ0) is 9.84. The van der Waals surface area contributed by atoms with Crippen molar-refractivity contribution in [2.45, 2.75) is 6.04 Å². The minimum absolute atomic E-state index is 0.578. The van der Waals surface area contributed by atoms with E-state index in [1.165, 1.54) is 0 Å². The van der Waals surface area contributed by atoms with E-state index in [9.17, 15) is 4.39 Å². The van der Waals surface area contributed by atoms with Gasteiger partial charge in [0.2, 0.25) is 0 Å². The van der Waals surface area contributed by atoms with Gasteiger partial charge >= 0.3 is 0 Å². The Hall–Kier alpha value is -0.610. The van der Waals surface area contributed by atoms with Crippen LogP contribution in [0.5, 0.6) is 5.75 Å². The van der Waals surface area contributed by atoms with Gasteiger partial charge in [0.1, 0.15) is 12.4 Å². The van der Waals surface area contributed by atoms with E-state index in [1.807, 2.05) is 0 Å². The molecule has 0 aliphatic carbocycles. The zero-order valence-corrected chi connectivity index (χ0v) is 8.84. The summed E-state index contributed by atoms with van der Waals surface area (Å²) in [5.41, 5.74) is 6.28. The van der Waals surface area contributed by atoms with Crippen LogP contribution in [0.25, 0.3) is 0 Å². The third kappa shape index (κ3) is 2.42. The Kier molecular flexibility index (Phi) is 3.69. The highest BCUT2D eigenvalue weighted by molar-refractivity contribution is 9.10. The summed E-state index contributed by atoms with van der Waals surface area (Å²) in [6.45, 7) is -0.578. The topological polar surface area (TPSA) is 35.2 Å². The number of rotatable bonds is 3. The quantitative estimate of drug-likeness (QED) is 0.891. The van der Waals surface area contributed by atoms with Crippen LogP contribution < -0.4 is 10.5 Å². The highest BCUT2D eigenvalue weighted by Gasteiger charge is 2.10. The molecule has 1 atom stereocenters. The van der Waals surface area contributed by atoms with Crippen LogP contribution in [-0.4, -0.2) is 13.8 Å². The van der Waals surface area contributed by atoms with Crippen molar-refractivity contribution in [3.63, 3.8) is 0 Å². The lowest BCUT2D eigenvalue weighted by Gasteiger charge is -2.11. The monoisotopic (exact) mass is 247 g/mol. The summed E-state index contributed by atoms with van der Waals surface area (Å²) in [5, 5.41) is 0. The Labute approximate surface area is 85.0 Å². The normalized spacial score (nSPS) is 12.6.